The molecule has 0 aliphatic rings. The fourth-order valence-corrected chi connectivity index (χ4v) is 2.78. The number of nitrogens with one attached hydrogen (secondary N) is 2. The van der Waals surface area contributed by atoms with Crippen molar-refractivity contribution in [2.24, 2.45) is 0 Å². The topological polar surface area (TPSA) is 128 Å². The Morgan fingerprint density at radius 3 is 2.52 bits per heavy atom. The van der Waals surface area contributed by atoms with Gasteiger partial charge in [0.05, 0.1) is 24.1 Å². The molecule has 0 fully saturated rings. The highest BCUT2D eigenvalue weighted by Gasteiger charge is 2.21. The van der Waals surface area contributed by atoms with Gasteiger partial charge < -0.3 is 10.4 Å². The Morgan fingerprint density at radius 2 is 1.90 bits per heavy atom. The summed E-state index contributed by atoms with van der Waals surface area (Å²) in [6.07, 6.45) is -0.407. The predicted molar refractivity (Wildman–Crippen MR) is 100.0 cm³/mol. The van der Waals surface area contributed by atoms with E-state index in [2.05, 4.69) is 10.4 Å². The normalized spacial score (nSPS) is 11.4. The van der Waals surface area contributed by atoms with Gasteiger partial charge in [0.1, 0.15) is 17.2 Å². The van der Waals surface area contributed by atoms with E-state index in [1.807, 2.05) is 6.07 Å². The van der Waals surface area contributed by atoms with Crippen molar-refractivity contribution in [3.8, 4) is 11.8 Å². The van der Waals surface area contributed by atoms with E-state index in [0.29, 0.717) is 11.1 Å². The van der Waals surface area contributed by atoms with Crippen LogP contribution in [0.4, 0.5) is 4.39 Å². The lowest BCUT2D eigenvalue weighted by Crippen LogP contribution is -2.30. The van der Waals surface area contributed by atoms with Gasteiger partial charge in [0.25, 0.3) is 11.5 Å². The number of halogens is 1. The summed E-state index contributed by atoms with van der Waals surface area (Å²) in [6.45, 7) is 0. The zero-order valence-electron chi connectivity index (χ0n) is 14.9. The summed E-state index contributed by atoms with van der Waals surface area (Å²) in [7, 11) is 0. The number of aliphatic carboxylic acids is 1. The van der Waals surface area contributed by atoms with Crippen LogP contribution in [0, 0.1) is 17.1 Å². The number of amides is 1. The van der Waals surface area contributed by atoms with Crippen LogP contribution in [0.1, 0.15) is 34.1 Å². The molecule has 1 atom stereocenters. The second-order valence-corrected chi connectivity index (χ2v) is 6.15. The first-order valence-electron chi connectivity index (χ1n) is 8.48. The highest BCUT2D eigenvalue weighted by Crippen LogP contribution is 2.18. The number of para-hydroxylation sites is 1. The monoisotopic (exact) mass is 394 g/mol. The zero-order chi connectivity index (χ0) is 21.0. The summed E-state index contributed by atoms with van der Waals surface area (Å²) >= 11 is 0. The number of aromatic amines is 1. The van der Waals surface area contributed by atoms with E-state index in [1.165, 1.54) is 30.3 Å². The van der Waals surface area contributed by atoms with E-state index in [9.17, 15) is 18.8 Å². The van der Waals surface area contributed by atoms with Gasteiger partial charge in [-0.1, -0.05) is 24.3 Å². The number of hydrogen-bond donors (Lipinski definition) is 3. The lowest BCUT2D eigenvalue weighted by molar-refractivity contribution is -0.137. The number of nitrogens with zero attached hydrogens (tertiary/aromatic N) is 2. The number of hydrogen-bond acceptors (Lipinski definition) is 4. The van der Waals surface area contributed by atoms with Crippen molar-refractivity contribution in [1.29, 1.82) is 5.26 Å². The summed E-state index contributed by atoms with van der Waals surface area (Å²) < 4.78 is 14.8. The molecule has 1 heterocycles. The van der Waals surface area contributed by atoms with Crippen molar-refractivity contribution in [1.82, 2.24) is 15.1 Å². The van der Waals surface area contributed by atoms with Crippen LogP contribution >= 0.6 is 0 Å². The van der Waals surface area contributed by atoms with Crippen LogP contribution < -0.4 is 10.9 Å². The first-order valence-corrected chi connectivity index (χ1v) is 8.48. The molecule has 0 saturated carbocycles. The van der Waals surface area contributed by atoms with Crippen LogP contribution in [0.5, 0.6) is 0 Å². The molecule has 3 N–H and O–H groups in total. The van der Waals surface area contributed by atoms with Gasteiger partial charge in [-0.05, 0) is 29.8 Å². The van der Waals surface area contributed by atoms with Gasteiger partial charge in [0, 0.05) is 6.07 Å². The zero-order valence-corrected chi connectivity index (χ0v) is 14.9. The molecular weight excluding hydrogens is 379 g/mol. The third kappa shape index (κ3) is 4.39. The molecule has 0 aliphatic heterocycles. The minimum absolute atomic E-state index is 0.0503. The largest absolute Gasteiger partial charge is 0.481 e. The second kappa shape index (κ2) is 8.22. The standard InChI is InChI=1S/C20H15FN4O4/c21-14-3-1-2-4-17(14)25-18(26)9-16(24-25)20(29)23-15(10-19(27)28)13-7-5-12(11-22)6-8-13/h1-9,15,24H,10H2,(H,23,29)(H,27,28)/t15-/m0/s1. The smallest absolute Gasteiger partial charge is 0.305 e. The number of carboxylic acids is 1. The Morgan fingerprint density at radius 1 is 1.21 bits per heavy atom. The van der Waals surface area contributed by atoms with Crippen LogP contribution in [0.2, 0.25) is 0 Å². The Balaban J connectivity index is 1.87. The molecule has 1 aromatic heterocycles. The molecule has 3 aromatic rings. The van der Waals surface area contributed by atoms with Gasteiger partial charge in [-0.25, -0.2) is 9.07 Å². The molecule has 0 aliphatic carbocycles. The third-order valence-corrected chi connectivity index (χ3v) is 4.18. The van der Waals surface area contributed by atoms with Crippen molar-refractivity contribution in [2.75, 3.05) is 0 Å². The maximum Gasteiger partial charge on any atom is 0.305 e. The average molecular weight is 394 g/mol. The summed E-state index contributed by atoms with van der Waals surface area (Å²) in [6, 6.07) is 13.7. The number of rotatable bonds is 6. The molecule has 9 heteroatoms. The molecule has 0 radical (unpaired) electrons. The van der Waals surface area contributed by atoms with Gasteiger partial charge in [-0.3, -0.25) is 19.5 Å². The molecule has 0 unspecified atom stereocenters. The van der Waals surface area contributed by atoms with Crippen LogP contribution in [-0.4, -0.2) is 26.8 Å². The minimum atomic E-state index is -1.14. The Labute approximate surface area is 163 Å². The third-order valence-electron chi connectivity index (χ3n) is 4.18. The van der Waals surface area contributed by atoms with Crippen molar-refractivity contribution < 1.29 is 19.1 Å². The Bertz CT molecular complexity index is 1160. The van der Waals surface area contributed by atoms with Crippen LogP contribution in [0.25, 0.3) is 5.69 Å². The van der Waals surface area contributed by atoms with Crippen molar-refractivity contribution >= 4 is 11.9 Å². The van der Waals surface area contributed by atoms with Crippen LogP contribution in [0.15, 0.2) is 59.4 Å². The molecule has 8 nitrogen and oxygen atoms in total. The molecule has 0 saturated heterocycles. The average Bonchev–Trinajstić information content (AvgIpc) is 3.09. The van der Waals surface area contributed by atoms with E-state index in [1.54, 1.807) is 18.2 Å². The number of benzene rings is 2. The molecule has 146 valence electrons. The molecule has 2 aromatic carbocycles. The fourth-order valence-electron chi connectivity index (χ4n) is 2.78. The number of carboxylic acid groups (broad SMARTS) is 1. The lowest BCUT2D eigenvalue weighted by Gasteiger charge is -2.17. The van der Waals surface area contributed by atoms with Gasteiger partial charge in [-0.15, -0.1) is 0 Å². The SMILES string of the molecule is N#Cc1ccc([C@H](CC(=O)O)NC(=O)c2cc(=O)n(-c3ccccc3F)[nH]2)cc1. The number of carbonyl (C=O) groups excluding carboxylic acids is 1. The van der Waals surface area contributed by atoms with Crippen LogP contribution in [0.3, 0.4) is 0 Å². The summed E-state index contributed by atoms with van der Waals surface area (Å²) in [5.74, 6) is -2.52. The van der Waals surface area contributed by atoms with Crippen molar-refractivity contribution in [3.05, 3.63) is 87.6 Å². The minimum Gasteiger partial charge on any atom is -0.481 e. The Kier molecular flexibility index (Phi) is 5.55. The lowest BCUT2D eigenvalue weighted by atomic mass is 10.0. The van der Waals surface area contributed by atoms with Gasteiger partial charge in [0.15, 0.2) is 0 Å². The van der Waals surface area contributed by atoms with Crippen LogP contribution in [-0.2, 0) is 4.79 Å². The number of H-pyrrole nitrogens is 1. The number of carbonyl (C=O) groups is 2. The van der Waals surface area contributed by atoms with E-state index in [-0.39, 0.29) is 11.4 Å². The summed E-state index contributed by atoms with van der Waals surface area (Å²) in [4.78, 5) is 35.9. The van der Waals surface area contributed by atoms with Gasteiger partial charge >= 0.3 is 5.97 Å². The summed E-state index contributed by atoms with van der Waals surface area (Å²) in [5.41, 5.74) is 0.0255. The molecule has 0 spiro atoms. The van der Waals surface area contributed by atoms with E-state index < -0.39 is 35.7 Å². The summed E-state index contributed by atoms with van der Waals surface area (Å²) in [5, 5.41) is 23.1. The first-order chi connectivity index (χ1) is 13.9. The maximum atomic E-state index is 13.9. The Hall–Kier alpha value is -4.19. The highest BCUT2D eigenvalue weighted by molar-refractivity contribution is 5.92. The van der Waals surface area contributed by atoms with Crippen molar-refractivity contribution in [3.63, 3.8) is 0 Å². The van der Waals surface area contributed by atoms with Gasteiger partial charge in [0.2, 0.25) is 0 Å². The fraction of sp³-hybridized carbons (Fsp3) is 0.100. The van der Waals surface area contributed by atoms with Crippen molar-refractivity contribution in [2.45, 2.75) is 12.5 Å². The predicted octanol–water partition coefficient (Wildman–Crippen LogP) is 2.12. The molecule has 29 heavy (non-hydrogen) atoms. The number of nitriles is 1. The number of aromatic nitrogens is 2. The first kappa shape index (κ1) is 19.6. The second-order valence-electron chi connectivity index (χ2n) is 6.15. The molecular formula is C20H15FN4O4. The van der Waals surface area contributed by atoms with E-state index in [4.69, 9.17) is 10.4 Å². The van der Waals surface area contributed by atoms with E-state index >= 15 is 0 Å². The molecule has 0 bridgehead atoms. The highest BCUT2D eigenvalue weighted by atomic mass is 19.1. The van der Waals surface area contributed by atoms with E-state index in [0.717, 1.165) is 10.7 Å². The molecule has 3 rings (SSSR count). The quantitative estimate of drug-likeness (QED) is 0.590. The molecule has 1 amide bonds. The van der Waals surface area contributed by atoms with Gasteiger partial charge in [-0.2, -0.15) is 5.26 Å². The maximum absolute atomic E-state index is 13.9.